The van der Waals surface area contributed by atoms with Crippen LogP contribution in [0.1, 0.15) is 38.3 Å². The molecule has 0 fully saturated rings. The Labute approximate surface area is 188 Å². The molecule has 166 valence electrons. The molecule has 1 unspecified atom stereocenters. The Hall–Kier alpha value is -3.53. The van der Waals surface area contributed by atoms with Crippen LogP contribution in [0.5, 0.6) is 0 Å². The van der Waals surface area contributed by atoms with Crippen LogP contribution in [-0.2, 0) is 24.4 Å². The van der Waals surface area contributed by atoms with Crippen molar-refractivity contribution in [2.45, 2.75) is 32.1 Å². The van der Waals surface area contributed by atoms with Crippen molar-refractivity contribution in [3.8, 4) is 0 Å². The summed E-state index contributed by atoms with van der Waals surface area (Å²) >= 11 is 1.53. The second kappa shape index (κ2) is 8.54. The molecule has 0 aliphatic carbocycles. The molecule has 0 spiro atoms. The molecular weight excluding hydrogens is 433 g/mol. The predicted molar refractivity (Wildman–Crippen MR) is 116 cm³/mol. The maximum atomic E-state index is 13.1. The molecule has 4 rings (SSSR count). The largest absolute Gasteiger partial charge is 0.350 e. The maximum absolute atomic E-state index is 13.1. The van der Waals surface area contributed by atoms with E-state index in [1.54, 1.807) is 26.1 Å². The normalized spacial score (nSPS) is 17.7. The average molecular weight is 456 g/mol. The lowest BCUT2D eigenvalue weighted by Gasteiger charge is -2.40. The summed E-state index contributed by atoms with van der Waals surface area (Å²) < 4.78 is 14.5. The van der Waals surface area contributed by atoms with Gasteiger partial charge in [-0.25, -0.2) is 4.39 Å². The van der Waals surface area contributed by atoms with E-state index < -0.39 is 17.4 Å². The number of hydrogen-bond donors (Lipinski definition) is 2. The number of fused-ring (bicyclic) bond motifs is 1. The molecule has 2 N–H and O–H groups in total. The summed E-state index contributed by atoms with van der Waals surface area (Å²) in [6, 6.07) is 11.1. The van der Waals surface area contributed by atoms with Crippen LogP contribution in [0, 0.1) is 5.82 Å². The molecule has 1 aliphatic rings. The molecule has 0 bridgehead atoms. The van der Waals surface area contributed by atoms with Gasteiger partial charge in [-0.15, -0.1) is 11.3 Å². The number of carbonyl (C=O) groups excluding carboxylic acids is 3. The van der Waals surface area contributed by atoms with E-state index >= 15 is 0 Å². The summed E-state index contributed by atoms with van der Waals surface area (Å²) in [7, 11) is 1.55. The highest BCUT2D eigenvalue weighted by molar-refractivity contribution is 7.09. The van der Waals surface area contributed by atoms with Crippen molar-refractivity contribution in [1.29, 1.82) is 0 Å². The van der Waals surface area contributed by atoms with Gasteiger partial charge < -0.3 is 15.5 Å². The molecule has 2 aromatic heterocycles. The summed E-state index contributed by atoms with van der Waals surface area (Å²) in [6.45, 7) is 2.30. The number of nitrogens with one attached hydrogen (secondary N) is 2. The molecule has 1 aliphatic heterocycles. The van der Waals surface area contributed by atoms with Gasteiger partial charge in [-0.2, -0.15) is 5.10 Å². The Kier molecular flexibility index (Phi) is 5.79. The number of thiophene rings is 1. The first-order valence-corrected chi connectivity index (χ1v) is 10.9. The first-order chi connectivity index (χ1) is 15.3. The van der Waals surface area contributed by atoms with E-state index in [9.17, 15) is 18.8 Å². The third-order valence-corrected chi connectivity index (χ3v) is 6.47. The van der Waals surface area contributed by atoms with E-state index in [-0.39, 0.29) is 36.2 Å². The number of hydrogen-bond acceptors (Lipinski definition) is 5. The van der Waals surface area contributed by atoms with Crippen LogP contribution in [0.4, 0.5) is 4.39 Å². The van der Waals surface area contributed by atoms with Crippen LogP contribution < -0.4 is 10.6 Å². The van der Waals surface area contributed by atoms with Crippen molar-refractivity contribution in [3.63, 3.8) is 0 Å². The fourth-order valence-corrected chi connectivity index (χ4v) is 4.13. The molecular formula is C22H22FN5O3S. The van der Waals surface area contributed by atoms with E-state index in [1.807, 2.05) is 17.5 Å². The van der Waals surface area contributed by atoms with E-state index in [0.29, 0.717) is 6.54 Å². The van der Waals surface area contributed by atoms with Gasteiger partial charge >= 0.3 is 0 Å². The summed E-state index contributed by atoms with van der Waals surface area (Å²) in [5, 5.41) is 11.8. The molecule has 3 heterocycles. The van der Waals surface area contributed by atoms with Crippen molar-refractivity contribution in [3.05, 3.63) is 75.5 Å². The Morgan fingerprint density at radius 1 is 1.19 bits per heavy atom. The van der Waals surface area contributed by atoms with Gasteiger partial charge in [0.1, 0.15) is 17.1 Å². The number of benzene rings is 1. The van der Waals surface area contributed by atoms with Crippen molar-refractivity contribution in [2.24, 2.45) is 0 Å². The Morgan fingerprint density at radius 2 is 1.94 bits per heavy atom. The monoisotopic (exact) mass is 455 g/mol. The molecule has 0 saturated heterocycles. The standard InChI is InChI=1S/C22H22FN5O3S/c1-22(21(31)25-11-14-5-7-15(23)8-6-14)13-28-18(20(30)27(22)2)10-17(26-28)19(29)24-12-16-4-3-9-32-16/h3-10H,11-13H2,1-2H3,(H,24,29)(H,25,31). The maximum Gasteiger partial charge on any atom is 0.272 e. The molecule has 3 amide bonds. The number of halogens is 1. The zero-order chi connectivity index (χ0) is 22.9. The summed E-state index contributed by atoms with van der Waals surface area (Å²) in [6.07, 6.45) is 0. The Bertz CT molecular complexity index is 1160. The minimum absolute atomic E-state index is 0.0953. The first kappa shape index (κ1) is 21.7. The Morgan fingerprint density at radius 3 is 2.62 bits per heavy atom. The van der Waals surface area contributed by atoms with E-state index in [4.69, 9.17) is 0 Å². The van der Waals surface area contributed by atoms with Crippen molar-refractivity contribution < 1.29 is 18.8 Å². The third-order valence-electron chi connectivity index (χ3n) is 5.59. The van der Waals surface area contributed by atoms with Crippen LogP contribution in [0.3, 0.4) is 0 Å². The van der Waals surface area contributed by atoms with Gasteiger partial charge in [0, 0.05) is 24.5 Å². The van der Waals surface area contributed by atoms with Gasteiger partial charge in [-0.05, 0) is 36.1 Å². The fourth-order valence-electron chi connectivity index (χ4n) is 3.48. The minimum atomic E-state index is -1.21. The van der Waals surface area contributed by atoms with Gasteiger partial charge in [0.25, 0.3) is 11.8 Å². The number of rotatable bonds is 6. The van der Waals surface area contributed by atoms with Crippen LogP contribution in [0.15, 0.2) is 47.8 Å². The molecule has 0 saturated carbocycles. The molecule has 3 aromatic rings. The van der Waals surface area contributed by atoms with Crippen LogP contribution in [-0.4, -0.2) is 45.0 Å². The van der Waals surface area contributed by atoms with Gasteiger partial charge in [0.2, 0.25) is 5.91 Å². The lowest BCUT2D eigenvalue weighted by atomic mass is 9.96. The summed E-state index contributed by atoms with van der Waals surface area (Å²) in [4.78, 5) is 40.8. The first-order valence-electron chi connectivity index (χ1n) is 9.97. The topological polar surface area (TPSA) is 96.3 Å². The lowest BCUT2D eigenvalue weighted by Crippen LogP contribution is -2.62. The molecule has 0 radical (unpaired) electrons. The van der Waals surface area contributed by atoms with Gasteiger partial charge in [0.15, 0.2) is 5.69 Å². The SMILES string of the molecule is CN1C(=O)c2cc(C(=O)NCc3cccs3)nn2CC1(C)C(=O)NCc1ccc(F)cc1. The zero-order valence-corrected chi connectivity index (χ0v) is 18.4. The van der Waals surface area contributed by atoms with Crippen molar-refractivity contribution in [1.82, 2.24) is 25.3 Å². The third kappa shape index (κ3) is 4.13. The zero-order valence-electron chi connectivity index (χ0n) is 17.6. The average Bonchev–Trinajstić information content (AvgIpc) is 3.45. The summed E-state index contributed by atoms with van der Waals surface area (Å²) in [5.74, 6) is -1.52. The minimum Gasteiger partial charge on any atom is -0.350 e. The quantitative estimate of drug-likeness (QED) is 0.596. The van der Waals surface area contributed by atoms with Gasteiger partial charge in [-0.1, -0.05) is 18.2 Å². The van der Waals surface area contributed by atoms with E-state index in [1.165, 1.54) is 39.1 Å². The molecule has 32 heavy (non-hydrogen) atoms. The Balaban J connectivity index is 1.47. The molecule has 1 aromatic carbocycles. The highest BCUT2D eigenvalue weighted by atomic mass is 32.1. The highest BCUT2D eigenvalue weighted by Crippen LogP contribution is 2.26. The lowest BCUT2D eigenvalue weighted by molar-refractivity contribution is -0.132. The number of nitrogens with zero attached hydrogens (tertiary/aromatic N) is 3. The van der Waals surface area contributed by atoms with Gasteiger partial charge in [0.05, 0.1) is 13.1 Å². The molecule has 10 heteroatoms. The highest BCUT2D eigenvalue weighted by Gasteiger charge is 2.46. The van der Waals surface area contributed by atoms with Crippen LogP contribution in [0.25, 0.3) is 0 Å². The van der Waals surface area contributed by atoms with Crippen molar-refractivity contribution >= 4 is 29.1 Å². The van der Waals surface area contributed by atoms with E-state index in [2.05, 4.69) is 15.7 Å². The molecule has 8 nitrogen and oxygen atoms in total. The predicted octanol–water partition coefficient (Wildman–Crippen LogP) is 2.17. The van der Waals surface area contributed by atoms with Crippen LogP contribution >= 0.6 is 11.3 Å². The van der Waals surface area contributed by atoms with E-state index in [0.717, 1.165) is 10.4 Å². The van der Waals surface area contributed by atoms with Crippen LogP contribution in [0.2, 0.25) is 0 Å². The molecule has 1 atom stereocenters. The smallest absolute Gasteiger partial charge is 0.272 e. The summed E-state index contributed by atoms with van der Waals surface area (Å²) in [5.41, 5.74) is -0.106. The van der Waals surface area contributed by atoms with Crippen molar-refractivity contribution in [2.75, 3.05) is 7.05 Å². The number of carbonyl (C=O) groups is 3. The fraction of sp³-hybridized carbons (Fsp3) is 0.273. The number of aromatic nitrogens is 2. The number of likely N-dealkylation sites (N-methyl/N-ethyl adjacent to an activating group) is 1. The second-order valence-electron chi connectivity index (χ2n) is 7.78. The second-order valence-corrected chi connectivity index (χ2v) is 8.81. The number of amides is 3. The van der Waals surface area contributed by atoms with Gasteiger partial charge in [-0.3, -0.25) is 19.1 Å².